The summed E-state index contributed by atoms with van der Waals surface area (Å²) in [5, 5.41) is 0. The fourth-order valence-electron chi connectivity index (χ4n) is 0.293. The fourth-order valence-corrected chi connectivity index (χ4v) is 6.00. The first-order valence-corrected chi connectivity index (χ1v) is 9.88. The van der Waals surface area contributed by atoms with Gasteiger partial charge < -0.3 is 0 Å². The average molecular weight is 324 g/mol. The molecule has 1 nitrogen and oxygen atoms in total. The molecule has 4 heteroatoms. The van der Waals surface area contributed by atoms with Gasteiger partial charge in [0, 0.05) is 0 Å². The number of hydrogen-bond donors (Lipinski definition) is 0. The molecular weight excluding hydrogens is 315 g/mol. The third-order valence-corrected chi connectivity index (χ3v) is 7.01. The van der Waals surface area contributed by atoms with Crippen LogP contribution in [-0.4, -0.2) is 16.8 Å². The van der Waals surface area contributed by atoms with Gasteiger partial charge in [0.1, 0.15) is 0 Å². The van der Waals surface area contributed by atoms with Gasteiger partial charge in [-0.2, -0.15) is 0 Å². The Balaban J connectivity index is 3.35. The van der Waals surface area contributed by atoms with Crippen molar-refractivity contribution in [3.05, 3.63) is 24.6 Å². The molecule has 0 aliphatic carbocycles. The molecule has 0 rings (SSSR count). The molecule has 0 atom stereocenters. The van der Waals surface area contributed by atoms with E-state index in [4.69, 9.17) is 4.12 Å². The van der Waals surface area contributed by atoms with E-state index in [1.54, 1.807) is 0 Å². The molecule has 0 radical (unpaired) electrons. The van der Waals surface area contributed by atoms with Gasteiger partial charge in [-0.1, -0.05) is 0 Å². The van der Waals surface area contributed by atoms with Crippen molar-refractivity contribution in [3.8, 4) is 0 Å². The van der Waals surface area contributed by atoms with Crippen LogP contribution in [0, 0.1) is 0 Å². The van der Waals surface area contributed by atoms with Crippen molar-refractivity contribution >= 4 is 16.8 Å². The molecule has 49 valence electrons. The normalized spacial score (nSPS) is 10.9. The van der Waals surface area contributed by atoms with E-state index in [-0.39, 0.29) is 7.74 Å². The maximum absolute atomic E-state index is 5.37. The van der Waals surface area contributed by atoms with E-state index in [9.17, 15) is 0 Å². The van der Waals surface area contributed by atoms with Gasteiger partial charge in [0.15, 0.2) is 0 Å². The quantitative estimate of drug-likeness (QED) is 0.647. The van der Waals surface area contributed by atoms with Crippen LogP contribution >= 0.6 is 0 Å². The summed E-state index contributed by atoms with van der Waals surface area (Å²) in [6.07, 6.45) is 0. The van der Waals surface area contributed by atoms with Crippen LogP contribution in [0.2, 0.25) is 0 Å². The van der Waals surface area contributed by atoms with Crippen LogP contribution in [0.3, 0.4) is 0 Å². The number of rotatable bonds is 4. The Bertz CT molecular complexity index is 78.1. The third-order valence-electron chi connectivity index (χ3n) is 0.710. The molecule has 0 aromatic heterocycles. The third kappa shape index (κ3) is 3.55. The summed E-state index contributed by atoms with van der Waals surface area (Å²) in [5.41, 5.74) is 3.78. The van der Waals surface area contributed by atoms with Crippen LogP contribution in [0.25, 0.3) is 0 Å². The Kier molecular flexibility index (Phi) is 6.09. The van der Waals surface area contributed by atoms with Crippen LogP contribution in [0.5, 0.6) is 0 Å². The molecule has 0 bridgehead atoms. The van der Waals surface area contributed by atoms with Gasteiger partial charge in [0.05, 0.1) is 0 Å². The zero-order valence-corrected chi connectivity index (χ0v) is 9.42. The second-order valence-corrected chi connectivity index (χ2v) is 6.55. The van der Waals surface area contributed by atoms with Crippen LogP contribution < -0.4 is 0 Å². The molecule has 8 heavy (non-hydrogen) atoms. The van der Waals surface area contributed by atoms with E-state index in [0.29, 0.717) is 0 Å². The van der Waals surface area contributed by atoms with E-state index in [2.05, 4.69) is 32.2 Å². The standard InChI is InChI=1S/C4H9OSi2.Pt/c1-3-7(4-2)5-6;/h3-4,7H,1-2,6H2;. The van der Waals surface area contributed by atoms with Crippen molar-refractivity contribution in [2.24, 2.45) is 0 Å². The van der Waals surface area contributed by atoms with Crippen molar-refractivity contribution in [3.63, 3.8) is 0 Å². The van der Waals surface area contributed by atoms with E-state index in [1.165, 1.54) is 0 Å². The first-order valence-electron chi connectivity index (χ1n) is 2.23. The molecule has 0 N–H and O–H groups in total. The Morgan fingerprint density at radius 3 is 2.12 bits per heavy atom. The van der Waals surface area contributed by atoms with Crippen LogP contribution in [-0.2, 0) is 23.2 Å². The molecule has 0 spiro atoms. The van der Waals surface area contributed by atoms with Gasteiger partial charge in [-0.3, -0.25) is 0 Å². The summed E-state index contributed by atoms with van der Waals surface area (Å²) in [7, 11) is -1.37. The SMILES string of the molecule is C=C[SiH](C=C)O[SiH2][Pt]. The van der Waals surface area contributed by atoms with Gasteiger partial charge in [-0.25, -0.2) is 0 Å². The summed E-state index contributed by atoms with van der Waals surface area (Å²) in [6.45, 7) is 7.27. The summed E-state index contributed by atoms with van der Waals surface area (Å²) in [6, 6.07) is 0. The Morgan fingerprint density at radius 2 is 2.00 bits per heavy atom. The van der Waals surface area contributed by atoms with Crippen molar-refractivity contribution < 1.29 is 23.2 Å². The van der Waals surface area contributed by atoms with Gasteiger partial charge in [0.2, 0.25) is 0 Å². The van der Waals surface area contributed by atoms with Crippen LogP contribution in [0.15, 0.2) is 24.6 Å². The second-order valence-electron chi connectivity index (χ2n) is 1.19. The van der Waals surface area contributed by atoms with Crippen molar-refractivity contribution in [2.45, 2.75) is 0 Å². The molecule has 0 unspecified atom stereocenters. The zero-order chi connectivity index (χ0) is 6.41. The fraction of sp³-hybridized carbons (Fsp3) is 0. The average Bonchev–Trinajstić information content (AvgIpc) is 1.83. The van der Waals surface area contributed by atoms with Crippen LogP contribution in [0.1, 0.15) is 0 Å². The maximum atomic E-state index is 5.37. The second kappa shape index (κ2) is 5.69. The molecule has 0 aromatic carbocycles. The molecule has 0 saturated heterocycles. The monoisotopic (exact) mass is 324 g/mol. The Hall–Kier alpha value is 0.562. The van der Waals surface area contributed by atoms with Crippen LogP contribution in [0.4, 0.5) is 0 Å². The van der Waals surface area contributed by atoms with E-state index in [0.717, 1.165) is 0 Å². The molecule has 0 aliphatic heterocycles. The summed E-state index contributed by atoms with van der Waals surface area (Å²) < 4.78 is 5.37. The molecular formula is C4H9OPtSi2. The van der Waals surface area contributed by atoms with Gasteiger partial charge in [-0.05, 0) is 0 Å². The van der Waals surface area contributed by atoms with Gasteiger partial charge in [-0.15, -0.1) is 0 Å². The zero-order valence-electron chi connectivity index (χ0n) is 4.58. The van der Waals surface area contributed by atoms with E-state index in [1.807, 2.05) is 11.4 Å². The summed E-state index contributed by atoms with van der Waals surface area (Å²) in [5.74, 6) is 0. The van der Waals surface area contributed by atoms with E-state index < -0.39 is 9.04 Å². The minimum absolute atomic E-state index is 0.264. The first kappa shape index (κ1) is 8.56. The van der Waals surface area contributed by atoms with Crippen molar-refractivity contribution in [2.75, 3.05) is 0 Å². The minimum atomic E-state index is -1.11. The molecule has 0 amide bonds. The Labute approximate surface area is 64.6 Å². The van der Waals surface area contributed by atoms with Gasteiger partial charge in [0.25, 0.3) is 0 Å². The molecule has 0 heterocycles. The predicted molar refractivity (Wildman–Crippen MR) is 37.2 cm³/mol. The molecule has 0 fully saturated rings. The summed E-state index contributed by atoms with van der Waals surface area (Å²) >= 11 is 2.29. The molecule has 0 saturated carbocycles. The van der Waals surface area contributed by atoms with Crippen molar-refractivity contribution in [1.82, 2.24) is 0 Å². The first-order chi connectivity index (χ1) is 3.85. The summed E-state index contributed by atoms with van der Waals surface area (Å²) in [4.78, 5) is 0. The van der Waals surface area contributed by atoms with Gasteiger partial charge >= 0.3 is 64.5 Å². The number of hydrogen-bond acceptors (Lipinski definition) is 1. The topological polar surface area (TPSA) is 9.23 Å². The Morgan fingerprint density at radius 1 is 1.50 bits per heavy atom. The predicted octanol–water partition coefficient (Wildman–Crippen LogP) is -0.277. The molecule has 0 aromatic rings. The molecule has 0 aliphatic rings. The van der Waals surface area contributed by atoms with Crippen molar-refractivity contribution in [1.29, 1.82) is 0 Å². The van der Waals surface area contributed by atoms with E-state index >= 15 is 0 Å².